The molecule has 0 radical (unpaired) electrons. The van der Waals surface area contributed by atoms with Crippen molar-refractivity contribution >= 4 is 22.5 Å². The molecule has 1 heterocycles. The molecule has 0 fully saturated rings. The first-order chi connectivity index (χ1) is 11.5. The molecule has 122 valence electrons. The fourth-order valence-corrected chi connectivity index (χ4v) is 2.97. The van der Waals surface area contributed by atoms with Crippen molar-refractivity contribution in [2.24, 2.45) is 0 Å². The van der Waals surface area contributed by atoms with Crippen molar-refractivity contribution in [1.29, 1.82) is 0 Å². The minimum atomic E-state index is -0.00484. The average molecular weight is 340 g/mol. The van der Waals surface area contributed by atoms with Crippen LogP contribution in [0, 0.1) is 13.8 Å². The molecule has 0 atom stereocenters. The highest BCUT2D eigenvalue weighted by Crippen LogP contribution is 2.13. The molecule has 4 heteroatoms. The van der Waals surface area contributed by atoms with Gasteiger partial charge < -0.3 is 0 Å². The summed E-state index contributed by atoms with van der Waals surface area (Å²) in [5, 5.41) is 1.43. The molecule has 0 aliphatic heterocycles. The van der Waals surface area contributed by atoms with Gasteiger partial charge in [-0.1, -0.05) is 41.4 Å². The third-order valence-electron chi connectivity index (χ3n) is 4.19. The smallest absolute Gasteiger partial charge is 0.240 e. The second-order valence-corrected chi connectivity index (χ2v) is 6.54. The molecule has 0 unspecified atom stereocenters. The first-order valence-corrected chi connectivity index (χ1v) is 8.30. The molecule has 3 nitrogen and oxygen atoms in total. The van der Waals surface area contributed by atoms with E-state index in [1.54, 1.807) is 4.57 Å². The normalized spacial score (nSPS) is 11.9. The monoisotopic (exact) mass is 339 g/mol. The first kappa shape index (κ1) is 16.5. The molecule has 0 bridgehead atoms. The molecule has 0 N–H and O–H groups in total. The Morgan fingerprint density at radius 1 is 1.12 bits per heavy atom. The Kier molecular flexibility index (Phi) is 4.54. The zero-order chi connectivity index (χ0) is 17.3. The van der Waals surface area contributed by atoms with Crippen molar-refractivity contribution in [2.75, 3.05) is 0 Å². The van der Waals surface area contributed by atoms with Gasteiger partial charge in [0.25, 0.3) is 5.82 Å². The highest BCUT2D eigenvalue weighted by Gasteiger charge is 2.21. The number of halogens is 1. The molecule has 1 aromatic heterocycles. The summed E-state index contributed by atoms with van der Waals surface area (Å²) in [5.74, 6) is 0.872. The Balaban J connectivity index is 2.35. The summed E-state index contributed by atoms with van der Waals surface area (Å²) in [6, 6.07) is 15.7. The molecular weight excluding hydrogens is 320 g/mol. The summed E-state index contributed by atoms with van der Waals surface area (Å²) in [6.07, 6.45) is 1.95. The van der Waals surface area contributed by atoms with E-state index in [0.29, 0.717) is 11.9 Å². The number of aromatic nitrogens is 2. The summed E-state index contributed by atoms with van der Waals surface area (Å²) in [7, 11) is 0. The minimum absolute atomic E-state index is 0.00484. The summed E-state index contributed by atoms with van der Waals surface area (Å²) in [5.41, 5.74) is 2.94. The molecule has 0 saturated heterocycles. The van der Waals surface area contributed by atoms with E-state index in [9.17, 15) is 4.79 Å². The lowest BCUT2D eigenvalue weighted by Crippen LogP contribution is -2.44. The van der Waals surface area contributed by atoms with Crippen molar-refractivity contribution in [1.82, 2.24) is 4.57 Å². The van der Waals surface area contributed by atoms with E-state index in [1.165, 1.54) is 5.56 Å². The van der Waals surface area contributed by atoms with E-state index < -0.39 is 0 Å². The van der Waals surface area contributed by atoms with Gasteiger partial charge >= 0.3 is 5.56 Å². The second kappa shape index (κ2) is 6.62. The van der Waals surface area contributed by atoms with E-state index in [1.807, 2.05) is 75.4 Å². The Labute approximate surface area is 146 Å². The van der Waals surface area contributed by atoms with Gasteiger partial charge in [0, 0.05) is 12.0 Å². The lowest BCUT2D eigenvalue weighted by Gasteiger charge is -2.11. The number of benzene rings is 2. The predicted molar refractivity (Wildman–Crippen MR) is 98.8 cm³/mol. The van der Waals surface area contributed by atoms with Gasteiger partial charge in [0.1, 0.15) is 23.1 Å². The summed E-state index contributed by atoms with van der Waals surface area (Å²) >= 11 is 6.02. The van der Waals surface area contributed by atoms with Crippen molar-refractivity contribution < 1.29 is 4.57 Å². The van der Waals surface area contributed by atoms with Gasteiger partial charge in [0.15, 0.2) is 0 Å². The van der Waals surface area contributed by atoms with Crippen LogP contribution in [-0.4, -0.2) is 4.57 Å². The number of hydrogen-bond acceptors (Lipinski definition) is 1. The lowest BCUT2D eigenvalue weighted by atomic mass is 10.2. The molecule has 0 spiro atoms. The first-order valence-electron chi connectivity index (χ1n) is 7.92. The summed E-state index contributed by atoms with van der Waals surface area (Å²) in [4.78, 5) is 13.0. The molecule has 0 aliphatic carbocycles. The average Bonchev–Trinajstić information content (AvgIpc) is 2.56. The molecule has 3 aromatic rings. The number of rotatable bonds is 3. The largest absolute Gasteiger partial charge is 0.350 e. The fourth-order valence-electron chi connectivity index (χ4n) is 2.90. The molecule has 0 aliphatic rings. The van der Waals surface area contributed by atoms with Crippen LogP contribution in [0.4, 0.5) is 0 Å². The maximum atomic E-state index is 13.0. The van der Waals surface area contributed by atoms with Crippen LogP contribution in [0.1, 0.15) is 18.3 Å². The maximum absolute atomic E-state index is 13.0. The summed E-state index contributed by atoms with van der Waals surface area (Å²) in [6.45, 7) is 6.47. The molecular formula is C20H20ClN2O+. The van der Waals surface area contributed by atoms with E-state index >= 15 is 0 Å². The third kappa shape index (κ3) is 3.00. The molecule has 0 amide bonds. The van der Waals surface area contributed by atoms with Crippen LogP contribution in [0.5, 0.6) is 0 Å². The van der Waals surface area contributed by atoms with Gasteiger partial charge in [0.2, 0.25) is 0 Å². The van der Waals surface area contributed by atoms with Gasteiger partial charge in [0.05, 0.1) is 0 Å². The number of fused-ring (bicyclic) bond motifs is 1. The Hall–Kier alpha value is -2.39. The zero-order valence-electron chi connectivity index (χ0n) is 14.1. The molecule has 24 heavy (non-hydrogen) atoms. The maximum Gasteiger partial charge on any atom is 0.350 e. The number of allylic oxidation sites excluding steroid dienone is 2. The standard InChI is InChI=1S/C20H20ClN2O/c1-14-8-10-17(11-9-14)23-16(3)22(13-12-15(2)21)19-7-5-4-6-18(19)20(23)24/h4-12H,13H2,1-3H3/q+1/b15-12+. The Morgan fingerprint density at radius 2 is 1.79 bits per heavy atom. The predicted octanol–water partition coefficient (Wildman–Crippen LogP) is 4.04. The van der Waals surface area contributed by atoms with Crippen molar-refractivity contribution in [3.8, 4) is 5.69 Å². The van der Waals surface area contributed by atoms with E-state index in [4.69, 9.17) is 11.6 Å². The van der Waals surface area contributed by atoms with Crippen LogP contribution in [0.3, 0.4) is 0 Å². The number of nitrogens with zero attached hydrogens (tertiary/aromatic N) is 2. The van der Waals surface area contributed by atoms with Crippen LogP contribution < -0.4 is 10.1 Å². The summed E-state index contributed by atoms with van der Waals surface area (Å²) < 4.78 is 3.88. The highest BCUT2D eigenvalue weighted by molar-refractivity contribution is 6.29. The van der Waals surface area contributed by atoms with Crippen LogP contribution >= 0.6 is 11.6 Å². The minimum Gasteiger partial charge on any atom is -0.240 e. The third-order valence-corrected chi connectivity index (χ3v) is 4.34. The second-order valence-electron chi connectivity index (χ2n) is 5.94. The number of para-hydroxylation sites is 1. The molecule has 2 aromatic carbocycles. The van der Waals surface area contributed by atoms with Crippen molar-refractivity contribution in [3.05, 3.63) is 81.4 Å². The molecule has 0 saturated carbocycles. The molecule has 3 rings (SSSR count). The van der Waals surface area contributed by atoms with Crippen LogP contribution in [0.15, 0.2) is 64.4 Å². The van der Waals surface area contributed by atoms with Crippen molar-refractivity contribution in [2.45, 2.75) is 27.3 Å². The van der Waals surface area contributed by atoms with E-state index in [-0.39, 0.29) is 5.56 Å². The van der Waals surface area contributed by atoms with Gasteiger partial charge in [-0.2, -0.15) is 4.57 Å². The van der Waals surface area contributed by atoms with E-state index in [0.717, 1.165) is 22.1 Å². The van der Waals surface area contributed by atoms with Crippen LogP contribution in [0.25, 0.3) is 16.6 Å². The van der Waals surface area contributed by atoms with Crippen molar-refractivity contribution in [3.63, 3.8) is 0 Å². The van der Waals surface area contributed by atoms with E-state index in [2.05, 4.69) is 4.57 Å². The Morgan fingerprint density at radius 3 is 2.46 bits per heavy atom. The van der Waals surface area contributed by atoms with Gasteiger partial charge in [-0.15, -0.1) is 0 Å². The Bertz CT molecular complexity index is 981. The van der Waals surface area contributed by atoms with Gasteiger partial charge in [-0.05, 0) is 44.2 Å². The topological polar surface area (TPSA) is 25.9 Å². The quantitative estimate of drug-likeness (QED) is 0.661. The van der Waals surface area contributed by atoms with Gasteiger partial charge in [-0.25, -0.2) is 9.36 Å². The number of hydrogen-bond donors (Lipinski definition) is 0. The fraction of sp³-hybridized carbons (Fsp3) is 0.200. The lowest BCUT2D eigenvalue weighted by molar-refractivity contribution is -0.671. The highest BCUT2D eigenvalue weighted by atomic mass is 35.5. The van der Waals surface area contributed by atoms with Gasteiger partial charge in [-0.3, -0.25) is 0 Å². The van der Waals surface area contributed by atoms with Crippen LogP contribution in [-0.2, 0) is 6.54 Å². The SMILES string of the molecule is C/C(Cl)=C\C[n+]1c(C)n(-c2ccc(C)cc2)c(=O)c2ccccc21. The zero-order valence-corrected chi connectivity index (χ0v) is 14.8. The van der Waals surface area contributed by atoms with Crippen LogP contribution in [0.2, 0.25) is 0 Å². The number of aryl methyl sites for hydroxylation is 1.